The van der Waals surface area contributed by atoms with Crippen LogP contribution < -0.4 is 4.57 Å². The smallest absolute Gasteiger partial charge is 0.338 e. The number of methoxy groups -OCH3 is 1. The fraction of sp³-hybridized carbons (Fsp3) is 0.200. The zero-order valence-corrected chi connectivity index (χ0v) is 13.4. The molecule has 0 spiro atoms. The number of carbonyl (C=O) groups is 1. The molecule has 0 aliphatic rings. The number of esters is 1. The van der Waals surface area contributed by atoms with Crippen LogP contribution in [0.2, 0.25) is 0 Å². The first-order chi connectivity index (χ1) is 10.2. The van der Waals surface area contributed by atoms with Gasteiger partial charge in [0.2, 0.25) is 0 Å². The molecule has 118 valence electrons. The minimum Gasteiger partial charge on any atom is -0.465 e. The molecule has 0 atom stereocenters. The Labute approximate surface area is 129 Å². The first-order valence-electron chi connectivity index (χ1n) is 6.32. The highest BCUT2D eigenvalue weighted by Crippen LogP contribution is 2.08. The summed E-state index contributed by atoms with van der Waals surface area (Å²) in [7, 11) is -0.759. The zero-order chi connectivity index (χ0) is 16.8. The van der Waals surface area contributed by atoms with Crippen LogP contribution in [0.5, 0.6) is 0 Å². The van der Waals surface area contributed by atoms with Crippen molar-refractivity contribution in [1.82, 2.24) is 0 Å². The van der Waals surface area contributed by atoms with Crippen LogP contribution in [-0.2, 0) is 21.9 Å². The second kappa shape index (κ2) is 7.67. The van der Waals surface area contributed by atoms with E-state index in [4.69, 9.17) is 4.55 Å². The van der Waals surface area contributed by atoms with Crippen LogP contribution in [-0.4, -0.2) is 26.0 Å². The molecule has 0 fully saturated rings. The Morgan fingerprint density at radius 1 is 1.09 bits per heavy atom. The highest BCUT2D eigenvalue weighted by molar-refractivity contribution is 7.85. The fourth-order valence-electron chi connectivity index (χ4n) is 1.47. The van der Waals surface area contributed by atoms with E-state index in [1.807, 2.05) is 18.5 Å². The van der Waals surface area contributed by atoms with Gasteiger partial charge in [0.1, 0.15) is 7.05 Å². The van der Waals surface area contributed by atoms with Gasteiger partial charge in [-0.2, -0.15) is 8.42 Å². The number of pyridine rings is 1. The number of rotatable bonds is 2. The van der Waals surface area contributed by atoms with Gasteiger partial charge in [0, 0.05) is 12.1 Å². The van der Waals surface area contributed by atoms with Crippen LogP contribution in [0.3, 0.4) is 0 Å². The van der Waals surface area contributed by atoms with E-state index < -0.39 is 10.1 Å². The monoisotopic (exact) mass is 324 g/mol. The molecule has 1 aromatic carbocycles. The highest BCUT2D eigenvalue weighted by atomic mass is 32.2. The number of aryl methyl sites for hydroxylation is 2. The predicted octanol–water partition coefficient (Wildman–Crippen LogP) is 1.54. The number of aromatic nitrogens is 1. The molecule has 0 bridgehead atoms. The normalized spacial score (nSPS) is 10.4. The van der Waals surface area contributed by atoms with Crippen LogP contribution in [0.15, 0.2) is 53.7 Å². The van der Waals surface area contributed by atoms with Gasteiger partial charge in [-0.05, 0) is 19.1 Å². The third-order valence-electron chi connectivity index (χ3n) is 2.72. The number of ether oxygens (including phenoxy) is 1. The Bertz CT molecular complexity index is 722. The van der Waals surface area contributed by atoms with E-state index >= 15 is 0 Å². The summed E-state index contributed by atoms with van der Waals surface area (Å²) in [5.74, 6) is -0.300. The summed E-state index contributed by atoms with van der Waals surface area (Å²) >= 11 is 0. The molecule has 0 saturated heterocycles. The Morgan fingerprint density at radius 3 is 2.00 bits per heavy atom. The number of nitrogens with zero attached hydrogens (tertiary/aromatic N) is 1. The molecule has 22 heavy (non-hydrogen) atoms. The topological polar surface area (TPSA) is 84.5 Å². The summed E-state index contributed by atoms with van der Waals surface area (Å²) in [6, 6.07) is 9.42. The molecule has 0 amide bonds. The minimum atomic E-state index is -4.02. The average Bonchev–Trinajstić information content (AvgIpc) is 2.47. The van der Waals surface area contributed by atoms with Crippen molar-refractivity contribution in [2.75, 3.05) is 7.11 Å². The molecule has 6 nitrogen and oxygen atoms in total. The Kier molecular flexibility index (Phi) is 6.21. The highest BCUT2D eigenvalue weighted by Gasteiger charge is 2.07. The molecule has 0 aliphatic heterocycles. The SMILES string of the molecule is COC(=O)c1cc[n+](C)cc1.Cc1ccc(S(=O)(=O)O)cc1. The van der Waals surface area contributed by atoms with Crippen molar-refractivity contribution in [2.24, 2.45) is 7.05 Å². The maximum atomic E-state index is 10.9. The molecule has 7 heteroatoms. The maximum Gasteiger partial charge on any atom is 0.338 e. The fourth-order valence-corrected chi connectivity index (χ4v) is 1.95. The van der Waals surface area contributed by atoms with E-state index in [9.17, 15) is 13.2 Å². The van der Waals surface area contributed by atoms with E-state index in [-0.39, 0.29) is 10.9 Å². The molecule has 2 aromatic rings. The van der Waals surface area contributed by atoms with Crippen molar-refractivity contribution in [2.45, 2.75) is 11.8 Å². The van der Waals surface area contributed by atoms with Crippen LogP contribution in [0.1, 0.15) is 15.9 Å². The molecule has 2 rings (SSSR count). The maximum absolute atomic E-state index is 10.9. The summed E-state index contributed by atoms with van der Waals surface area (Å²) in [6.45, 7) is 1.84. The molecule has 0 radical (unpaired) electrons. The third-order valence-corrected chi connectivity index (χ3v) is 3.59. The van der Waals surface area contributed by atoms with Crippen molar-refractivity contribution in [1.29, 1.82) is 0 Å². The van der Waals surface area contributed by atoms with E-state index in [1.54, 1.807) is 36.7 Å². The van der Waals surface area contributed by atoms with Gasteiger partial charge in [-0.25, -0.2) is 9.36 Å². The van der Waals surface area contributed by atoms with Gasteiger partial charge in [0.15, 0.2) is 12.4 Å². The number of hydrogen-bond donors (Lipinski definition) is 1. The lowest BCUT2D eigenvalue weighted by Crippen LogP contribution is -2.26. The van der Waals surface area contributed by atoms with Gasteiger partial charge in [-0.1, -0.05) is 17.7 Å². The van der Waals surface area contributed by atoms with Gasteiger partial charge in [0.25, 0.3) is 10.1 Å². The second-order valence-electron chi connectivity index (χ2n) is 4.53. The molecule has 1 N–H and O–H groups in total. The lowest BCUT2D eigenvalue weighted by atomic mass is 10.2. The average molecular weight is 324 g/mol. The summed E-state index contributed by atoms with van der Waals surface area (Å²) in [6.07, 6.45) is 3.60. The Morgan fingerprint density at radius 2 is 1.59 bits per heavy atom. The molecule has 0 aliphatic carbocycles. The molecule has 1 aromatic heterocycles. The van der Waals surface area contributed by atoms with E-state index in [0.29, 0.717) is 5.56 Å². The first kappa shape index (κ1) is 17.8. The van der Waals surface area contributed by atoms with Crippen molar-refractivity contribution in [3.05, 3.63) is 59.9 Å². The van der Waals surface area contributed by atoms with E-state index in [0.717, 1.165) is 5.56 Å². The van der Waals surface area contributed by atoms with Gasteiger partial charge in [-0.3, -0.25) is 4.55 Å². The van der Waals surface area contributed by atoms with Gasteiger partial charge in [-0.15, -0.1) is 0 Å². The zero-order valence-electron chi connectivity index (χ0n) is 12.6. The summed E-state index contributed by atoms with van der Waals surface area (Å²) in [5, 5.41) is 0. The third kappa shape index (κ3) is 5.63. The van der Waals surface area contributed by atoms with Gasteiger partial charge in [0.05, 0.1) is 17.6 Å². The molecular weight excluding hydrogens is 306 g/mol. The van der Waals surface area contributed by atoms with Crippen LogP contribution >= 0.6 is 0 Å². The number of hydrogen-bond acceptors (Lipinski definition) is 4. The summed E-state index contributed by atoms with van der Waals surface area (Å²) in [4.78, 5) is 10.8. The largest absolute Gasteiger partial charge is 0.465 e. The van der Waals surface area contributed by atoms with Gasteiger partial charge < -0.3 is 4.74 Å². The predicted molar refractivity (Wildman–Crippen MR) is 80.0 cm³/mol. The quantitative estimate of drug-likeness (QED) is 0.514. The minimum absolute atomic E-state index is 0.0666. The molecular formula is C15H18NO5S+. The van der Waals surface area contributed by atoms with Crippen molar-refractivity contribution in [3.8, 4) is 0 Å². The number of benzene rings is 1. The molecule has 0 unspecified atom stereocenters. The van der Waals surface area contributed by atoms with Crippen LogP contribution in [0.25, 0.3) is 0 Å². The second-order valence-corrected chi connectivity index (χ2v) is 5.95. The molecule has 0 saturated carbocycles. The molecule has 1 heterocycles. The van der Waals surface area contributed by atoms with Crippen LogP contribution in [0, 0.1) is 6.92 Å². The summed E-state index contributed by atoms with van der Waals surface area (Å²) in [5.41, 5.74) is 1.53. The lowest BCUT2D eigenvalue weighted by molar-refractivity contribution is -0.671. The van der Waals surface area contributed by atoms with Gasteiger partial charge >= 0.3 is 5.97 Å². The van der Waals surface area contributed by atoms with E-state index in [1.165, 1.54) is 19.2 Å². The van der Waals surface area contributed by atoms with Crippen molar-refractivity contribution in [3.63, 3.8) is 0 Å². The lowest BCUT2D eigenvalue weighted by Gasteiger charge is -1.95. The number of carbonyl (C=O) groups excluding carboxylic acids is 1. The standard InChI is InChI=1S/C8H10NO2.C7H8O3S/c1-9-5-3-7(4-6-9)8(10)11-2;1-6-2-4-7(5-3-6)11(8,9)10/h3-6H,1-2H3;2-5H,1H3,(H,8,9,10)/q+1;. The Hall–Kier alpha value is -2.25. The van der Waals surface area contributed by atoms with E-state index in [2.05, 4.69) is 4.74 Å². The van der Waals surface area contributed by atoms with Crippen molar-refractivity contribution < 1.29 is 27.1 Å². The first-order valence-corrected chi connectivity index (χ1v) is 7.76. The summed E-state index contributed by atoms with van der Waals surface area (Å²) < 4.78 is 35.9. The van der Waals surface area contributed by atoms with Crippen molar-refractivity contribution >= 4 is 16.1 Å². The Balaban J connectivity index is 0.000000220. The van der Waals surface area contributed by atoms with Crippen LogP contribution in [0.4, 0.5) is 0 Å².